The van der Waals surface area contributed by atoms with Crippen molar-refractivity contribution < 1.29 is 9.47 Å². The van der Waals surface area contributed by atoms with Gasteiger partial charge in [-0.05, 0) is 43.4 Å². The zero-order chi connectivity index (χ0) is 12.0. The molecule has 1 saturated carbocycles. The van der Waals surface area contributed by atoms with Gasteiger partial charge in [-0.3, -0.25) is 0 Å². The van der Waals surface area contributed by atoms with Crippen LogP contribution in [0.2, 0.25) is 0 Å². The zero-order valence-corrected chi connectivity index (χ0v) is 11.2. The first kappa shape index (κ1) is 11.7. The summed E-state index contributed by atoms with van der Waals surface area (Å²) < 4.78 is 11.5. The molecule has 0 aromatic heterocycles. The molecule has 96 valence electrons. The van der Waals surface area contributed by atoms with Crippen molar-refractivity contribution in [3.8, 4) is 0 Å². The maximum absolute atomic E-state index is 5.76. The van der Waals surface area contributed by atoms with E-state index in [0.717, 1.165) is 31.0 Å². The first-order valence-corrected chi connectivity index (χ1v) is 7.08. The van der Waals surface area contributed by atoms with Crippen LogP contribution in [0.1, 0.15) is 33.6 Å². The number of allylic oxidation sites excluding steroid dienone is 2. The molecule has 4 aliphatic rings. The van der Waals surface area contributed by atoms with Crippen LogP contribution in [0.3, 0.4) is 0 Å². The number of ether oxygens (including phenoxy) is 2. The molecule has 4 atom stereocenters. The largest absolute Gasteiger partial charge is 0.350 e. The second-order valence-corrected chi connectivity index (χ2v) is 6.34. The van der Waals surface area contributed by atoms with Gasteiger partial charge >= 0.3 is 0 Å². The highest BCUT2D eigenvalue weighted by molar-refractivity contribution is 5.18. The zero-order valence-electron chi connectivity index (χ0n) is 11.2. The predicted octanol–water partition coefficient (Wildman–Crippen LogP) is 3.23. The minimum Gasteiger partial charge on any atom is -0.350 e. The van der Waals surface area contributed by atoms with Crippen molar-refractivity contribution in [3.05, 3.63) is 11.6 Å². The molecule has 17 heavy (non-hydrogen) atoms. The first-order valence-electron chi connectivity index (χ1n) is 7.08. The SMILES string of the molecule is CC1=C[C@H]2[C@@H](C(C)C)C[C@H]1C[C@H]2C1OCCO1. The highest BCUT2D eigenvalue weighted by Crippen LogP contribution is 2.51. The van der Waals surface area contributed by atoms with Gasteiger partial charge in [-0.2, -0.15) is 0 Å². The molecule has 1 saturated heterocycles. The number of fused-ring (bicyclic) bond motifs is 2. The monoisotopic (exact) mass is 236 g/mol. The summed E-state index contributed by atoms with van der Waals surface area (Å²) in [7, 11) is 0. The Morgan fingerprint density at radius 1 is 1.18 bits per heavy atom. The second-order valence-electron chi connectivity index (χ2n) is 6.34. The van der Waals surface area contributed by atoms with Crippen molar-refractivity contribution in [2.45, 2.75) is 39.9 Å². The maximum Gasteiger partial charge on any atom is 0.161 e. The van der Waals surface area contributed by atoms with E-state index >= 15 is 0 Å². The van der Waals surface area contributed by atoms with E-state index in [2.05, 4.69) is 26.8 Å². The fraction of sp³-hybridized carbons (Fsp3) is 0.867. The molecule has 0 N–H and O–H groups in total. The Morgan fingerprint density at radius 2 is 1.88 bits per heavy atom. The molecule has 3 aliphatic carbocycles. The van der Waals surface area contributed by atoms with Crippen LogP contribution >= 0.6 is 0 Å². The van der Waals surface area contributed by atoms with Crippen LogP contribution in [0.4, 0.5) is 0 Å². The Labute approximate surface area is 104 Å². The van der Waals surface area contributed by atoms with Crippen LogP contribution in [-0.2, 0) is 9.47 Å². The van der Waals surface area contributed by atoms with Gasteiger partial charge in [0.15, 0.2) is 6.29 Å². The average molecular weight is 236 g/mol. The van der Waals surface area contributed by atoms with Gasteiger partial charge < -0.3 is 9.47 Å². The van der Waals surface area contributed by atoms with Gasteiger partial charge in [0.25, 0.3) is 0 Å². The van der Waals surface area contributed by atoms with E-state index < -0.39 is 0 Å². The Balaban J connectivity index is 1.83. The normalized spacial score (nSPS) is 42.2. The van der Waals surface area contributed by atoms with E-state index in [1.54, 1.807) is 5.57 Å². The quantitative estimate of drug-likeness (QED) is 0.685. The molecule has 2 bridgehead atoms. The third-order valence-corrected chi connectivity index (χ3v) is 5.05. The molecular formula is C15H24O2. The standard InChI is InChI=1S/C15H24O2/c1-9(2)12-7-11-8-14(13(12)6-10(11)3)15-16-4-5-17-15/h6,9,11-15H,4-5,7-8H2,1-3H3/t11-,12+,13-,14+/m0/s1. The summed E-state index contributed by atoms with van der Waals surface area (Å²) in [5.74, 6) is 3.67. The van der Waals surface area contributed by atoms with E-state index in [9.17, 15) is 0 Å². The Bertz CT molecular complexity index is 315. The topological polar surface area (TPSA) is 18.5 Å². The van der Waals surface area contributed by atoms with Crippen LogP contribution in [0.15, 0.2) is 11.6 Å². The summed E-state index contributed by atoms with van der Waals surface area (Å²) in [6.45, 7) is 8.60. The summed E-state index contributed by atoms with van der Waals surface area (Å²) in [6.07, 6.45) is 5.26. The number of hydrogen-bond acceptors (Lipinski definition) is 2. The van der Waals surface area contributed by atoms with Crippen LogP contribution < -0.4 is 0 Å². The maximum atomic E-state index is 5.76. The van der Waals surface area contributed by atoms with Crippen molar-refractivity contribution in [3.63, 3.8) is 0 Å². The lowest BCUT2D eigenvalue weighted by molar-refractivity contribution is -0.122. The molecule has 0 radical (unpaired) electrons. The third-order valence-electron chi connectivity index (χ3n) is 5.05. The lowest BCUT2D eigenvalue weighted by atomic mass is 9.58. The van der Waals surface area contributed by atoms with Gasteiger partial charge in [0.1, 0.15) is 0 Å². The van der Waals surface area contributed by atoms with E-state index in [1.165, 1.54) is 12.8 Å². The van der Waals surface area contributed by atoms with Crippen LogP contribution in [0, 0.1) is 29.6 Å². The summed E-state index contributed by atoms with van der Waals surface area (Å²) in [5.41, 5.74) is 1.61. The van der Waals surface area contributed by atoms with Gasteiger partial charge in [-0.15, -0.1) is 0 Å². The second kappa shape index (κ2) is 4.40. The van der Waals surface area contributed by atoms with Crippen LogP contribution in [0.5, 0.6) is 0 Å². The molecule has 1 heterocycles. The van der Waals surface area contributed by atoms with Crippen molar-refractivity contribution in [2.24, 2.45) is 29.6 Å². The molecule has 4 rings (SSSR count). The van der Waals surface area contributed by atoms with Crippen LogP contribution in [-0.4, -0.2) is 19.5 Å². The van der Waals surface area contributed by atoms with Gasteiger partial charge in [-0.25, -0.2) is 0 Å². The summed E-state index contributed by atoms with van der Waals surface area (Å²) in [4.78, 5) is 0. The molecule has 0 aromatic carbocycles. The van der Waals surface area contributed by atoms with Gasteiger partial charge in [0, 0.05) is 5.92 Å². The Morgan fingerprint density at radius 3 is 2.47 bits per heavy atom. The minimum atomic E-state index is 0.0772. The fourth-order valence-electron chi connectivity index (χ4n) is 4.08. The lowest BCUT2D eigenvalue weighted by Crippen LogP contribution is -2.44. The van der Waals surface area contributed by atoms with Crippen molar-refractivity contribution in [1.29, 1.82) is 0 Å². The Hall–Kier alpha value is -0.340. The molecule has 0 aromatic rings. The van der Waals surface area contributed by atoms with Crippen molar-refractivity contribution in [1.82, 2.24) is 0 Å². The molecule has 2 fully saturated rings. The van der Waals surface area contributed by atoms with E-state index in [1.807, 2.05) is 0 Å². The molecule has 0 amide bonds. The van der Waals surface area contributed by atoms with Gasteiger partial charge in [0.2, 0.25) is 0 Å². The molecule has 2 nitrogen and oxygen atoms in total. The molecule has 0 spiro atoms. The fourth-order valence-corrected chi connectivity index (χ4v) is 4.08. The van der Waals surface area contributed by atoms with Crippen molar-refractivity contribution >= 4 is 0 Å². The Kier molecular flexibility index (Phi) is 3.04. The van der Waals surface area contributed by atoms with E-state index in [4.69, 9.17) is 9.47 Å². The third kappa shape index (κ3) is 1.96. The van der Waals surface area contributed by atoms with Gasteiger partial charge in [-0.1, -0.05) is 25.5 Å². The van der Waals surface area contributed by atoms with E-state index in [-0.39, 0.29) is 6.29 Å². The number of hydrogen-bond donors (Lipinski definition) is 0. The predicted molar refractivity (Wildman–Crippen MR) is 67.5 cm³/mol. The summed E-state index contributed by atoms with van der Waals surface area (Å²) in [5, 5.41) is 0. The van der Waals surface area contributed by atoms with E-state index in [0.29, 0.717) is 11.8 Å². The molecule has 2 heteroatoms. The number of rotatable bonds is 2. The lowest BCUT2D eigenvalue weighted by Gasteiger charge is -2.48. The first-order chi connectivity index (χ1) is 8.16. The summed E-state index contributed by atoms with van der Waals surface area (Å²) in [6, 6.07) is 0. The minimum absolute atomic E-state index is 0.0772. The molecule has 0 unspecified atom stereocenters. The highest BCUT2D eigenvalue weighted by atomic mass is 16.7. The molecule has 1 aliphatic heterocycles. The van der Waals surface area contributed by atoms with Crippen molar-refractivity contribution in [2.75, 3.05) is 13.2 Å². The van der Waals surface area contributed by atoms with Crippen LogP contribution in [0.25, 0.3) is 0 Å². The highest BCUT2D eigenvalue weighted by Gasteiger charge is 2.46. The van der Waals surface area contributed by atoms with Gasteiger partial charge in [0.05, 0.1) is 13.2 Å². The molecular weight excluding hydrogens is 212 g/mol. The smallest absolute Gasteiger partial charge is 0.161 e. The summed E-state index contributed by atoms with van der Waals surface area (Å²) >= 11 is 0. The average Bonchev–Trinajstić information content (AvgIpc) is 2.82.